The van der Waals surface area contributed by atoms with Gasteiger partial charge in [0.2, 0.25) is 0 Å². The summed E-state index contributed by atoms with van der Waals surface area (Å²) in [6, 6.07) is 11.8. The van der Waals surface area contributed by atoms with E-state index in [9.17, 15) is 8.78 Å². The molecule has 10 heteroatoms. The molecule has 0 amide bonds. The minimum absolute atomic E-state index is 0. The topological polar surface area (TPSA) is 70.4 Å². The summed E-state index contributed by atoms with van der Waals surface area (Å²) in [4.78, 5) is 10.6. The molecule has 0 radical (unpaired) electrons. The Hall–Kier alpha value is -2.76. The summed E-state index contributed by atoms with van der Waals surface area (Å²) in [5.41, 5.74) is 2.44. The van der Waals surface area contributed by atoms with Crippen LogP contribution in [-0.4, -0.2) is 46.4 Å². The largest absolute Gasteiger partial charge is 0.367 e. The molecule has 1 unspecified atom stereocenters. The molecule has 7 nitrogen and oxygen atoms in total. The third-order valence-electron chi connectivity index (χ3n) is 5.16. The Kier molecular flexibility index (Phi) is 8.37. The molecule has 1 aliphatic heterocycles. The second-order valence-electron chi connectivity index (χ2n) is 7.37. The molecule has 4 rings (SSSR count). The highest BCUT2D eigenvalue weighted by Gasteiger charge is 2.25. The Morgan fingerprint density at radius 3 is 2.69 bits per heavy atom. The molecule has 0 bridgehead atoms. The molecule has 0 aliphatic carbocycles. The van der Waals surface area contributed by atoms with Gasteiger partial charge >= 0.3 is 0 Å². The average molecular weight is 553 g/mol. The van der Waals surface area contributed by atoms with Crippen LogP contribution >= 0.6 is 24.0 Å². The lowest BCUT2D eigenvalue weighted by Crippen LogP contribution is -2.44. The molecule has 170 valence electrons. The summed E-state index contributed by atoms with van der Waals surface area (Å²) in [6.45, 7) is 4.60. The van der Waals surface area contributed by atoms with Crippen LogP contribution in [-0.2, 0) is 6.54 Å². The lowest BCUT2D eigenvalue weighted by Gasteiger charge is -2.21. The maximum absolute atomic E-state index is 14.1. The predicted octanol–water partition coefficient (Wildman–Crippen LogP) is 3.50. The van der Waals surface area contributed by atoms with E-state index < -0.39 is 11.6 Å². The van der Waals surface area contributed by atoms with Gasteiger partial charge in [-0.05, 0) is 43.2 Å². The van der Waals surface area contributed by atoms with Gasteiger partial charge in [-0.2, -0.15) is 5.10 Å². The zero-order chi connectivity index (χ0) is 21.6. The smallest absolute Gasteiger partial charge is 0.191 e. The first kappa shape index (κ1) is 23.9. The maximum atomic E-state index is 14.1. The predicted molar refractivity (Wildman–Crippen MR) is 132 cm³/mol. The van der Waals surface area contributed by atoms with Gasteiger partial charge in [-0.15, -0.1) is 24.0 Å². The summed E-state index contributed by atoms with van der Waals surface area (Å²) in [7, 11) is 0. The Morgan fingerprint density at radius 1 is 1.19 bits per heavy atom. The Labute approximate surface area is 203 Å². The molecule has 1 aliphatic rings. The summed E-state index contributed by atoms with van der Waals surface area (Å²) < 4.78 is 29.0. The standard InChI is InChI=1S/C22H25F2N7.HI/c1-2-26-22(27-12-16-3-6-19(7-4-16)31-15-25-14-28-31)29-18-9-10-30(13-18)21-8-5-17(23)11-20(21)24;/h3-8,11,14-15,18H,2,9-10,12-13H2,1H3,(H2,26,27,29);1H. The summed E-state index contributed by atoms with van der Waals surface area (Å²) in [5.74, 6) is -0.379. The normalized spacial score (nSPS) is 16.0. The molecule has 2 heterocycles. The van der Waals surface area contributed by atoms with Crippen molar-refractivity contribution in [3.8, 4) is 5.69 Å². The van der Waals surface area contributed by atoms with Crippen LogP contribution in [0.3, 0.4) is 0 Å². The molecule has 1 atom stereocenters. The van der Waals surface area contributed by atoms with E-state index in [0.29, 0.717) is 31.3 Å². The fourth-order valence-electron chi connectivity index (χ4n) is 3.61. The van der Waals surface area contributed by atoms with E-state index in [1.54, 1.807) is 11.0 Å². The number of guanidine groups is 1. The minimum atomic E-state index is -0.564. The number of hydrogen-bond acceptors (Lipinski definition) is 4. The third-order valence-corrected chi connectivity index (χ3v) is 5.16. The Bertz CT molecular complexity index is 1030. The van der Waals surface area contributed by atoms with Crippen LogP contribution in [0.1, 0.15) is 18.9 Å². The van der Waals surface area contributed by atoms with Gasteiger partial charge < -0.3 is 15.5 Å². The molecular formula is C22H26F2IN7. The summed E-state index contributed by atoms with van der Waals surface area (Å²) in [6.07, 6.45) is 4.00. The molecule has 1 fully saturated rings. The number of nitrogens with one attached hydrogen (secondary N) is 2. The van der Waals surface area contributed by atoms with Crippen LogP contribution in [0.4, 0.5) is 14.5 Å². The van der Waals surface area contributed by atoms with E-state index in [-0.39, 0.29) is 30.0 Å². The summed E-state index contributed by atoms with van der Waals surface area (Å²) in [5, 5.41) is 10.8. The molecular weight excluding hydrogens is 527 g/mol. The highest BCUT2D eigenvalue weighted by Crippen LogP contribution is 2.24. The fourth-order valence-corrected chi connectivity index (χ4v) is 3.61. The van der Waals surface area contributed by atoms with Gasteiger partial charge in [0.15, 0.2) is 5.96 Å². The van der Waals surface area contributed by atoms with E-state index in [1.165, 1.54) is 18.5 Å². The van der Waals surface area contributed by atoms with E-state index in [1.807, 2.05) is 36.1 Å². The molecule has 0 saturated carbocycles. The second kappa shape index (κ2) is 11.2. The van der Waals surface area contributed by atoms with Crippen molar-refractivity contribution in [1.29, 1.82) is 0 Å². The lowest BCUT2D eigenvalue weighted by molar-refractivity contribution is 0.580. The van der Waals surface area contributed by atoms with Crippen molar-refractivity contribution in [2.45, 2.75) is 25.9 Å². The monoisotopic (exact) mass is 553 g/mol. The quantitative estimate of drug-likeness (QED) is 0.278. The number of rotatable bonds is 6. The molecule has 1 saturated heterocycles. The van der Waals surface area contributed by atoms with Crippen LogP contribution in [0.25, 0.3) is 5.69 Å². The number of aliphatic imine (C=N–C) groups is 1. The highest BCUT2D eigenvalue weighted by molar-refractivity contribution is 14.0. The van der Waals surface area contributed by atoms with Crippen molar-refractivity contribution in [3.05, 3.63) is 72.3 Å². The average Bonchev–Trinajstić information content (AvgIpc) is 3.45. The zero-order valence-electron chi connectivity index (χ0n) is 17.7. The Balaban J connectivity index is 0.00000289. The number of anilines is 1. The fraction of sp³-hybridized carbons (Fsp3) is 0.318. The van der Waals surface area contributed by atoms with Gasteiger partial charge in [-0.1, -0.05) is 12.1 Å². The van der Waals surface area contributed by atoms with E-state index >= 15 is 0 Å². The second-order valence-corrected chi connectivity index (χ2v) is 7.37. The van der Waals surface area contributed by atoms with Crippen molar-refractivity contribution in [3.63, 3.8) is 0 Å². The van der Waals surface area contributed by atoms with Crippen molar-refractivity contribution in [2.24, 2.45) is 4.99 Å². The van der Waals surface area contributed by atoms with Crippen LogP contribution in [0, 0.1) is 11.6 Å². The molecule has 2 aromatic carbocycles. The minimum Gasteiger partial charge on any atom is -0.367 e. The Morgan fingerprint density at radius 2 is 2.00 bits per heavy atom. The number of aromatic nitrogens is 3. The summed E-state index contributed by atoms with van der Waals surface area (Å²) >= 11 is 0. The molecule has 3 aromatic rings. The zero-order valence-corrected chi connectivity index (χ0v) is 20.0. The van der Waals surface area contributed by atoms with Gasteiger partial charge in [0.1, 0.15) is 24.3 Å². The maximum Gasteiger partial charge on any atom is 0.191 e. The van der Waals surface area contributed by atoms with Crippen molar-refractivity contribution in [2.75, 3.05) is 24.5 Å². The third kappa shape index (κ3) is 5.93. The number of halogens is 3. The number of nitrogens with zero attached hydrogens (tertiary/aromatic N) is 5. The van der Waals surface area contributed by atoms with Crippen molar-refractivity contribution < 1.29 is 8.78 Å². The van der Waals surface area contributed by atoms with Crippen LogP contribution < -0.4 is 15.5 Å². The van der Waals surface area contributed by atoms with Crippen LogP contribution in [0.5, 0.6) is 0 Å². The van der Waals surface area contributed by atoms with Gasteiger partial charge in [0.05, 0.1) is 17.9 Å². The van der Waals surface area contributed by atoms with E-state index in [4.69, 9.17) is 0 Å². The van der Waals surface area contributed by atoms with E-state index in [0.717, 1.165) is 30.3 Å². The molecule has 0 spiro atoms. The first-order valence-electron chi connectivity index (χ1n) is 10.3. The number of benzene rings is 2. The first-order chi connectivity index (χ1) is 15.1. The van der Waals surface area contributed by atoms with Crippen molar-refractivity contribution in [1.82, 2.24) is 25.4 Å². The lowest BCUT2D eigenvalue weighted by atomic mass is 10.2. The van der Waals surface area contributed by atoms with Gasteiger partial charge in [-0.25, -0.2) is 23.4 Å². The van der Waals surface area contributed by atoms with Gasteiger partial charge in [0, 0.05) is 31.7 Å². The van der Waals surface area contributed by atoms with Crippen LogP contribution in [0.15, 0.2) is 60.1 Å². The first-order valence-corrected chi connectivity index (χ1v) is 10.3. The molecule has 2 N–H and O–H groups in total. The molecule has 1 aromatic heterocycles. The van der Waals surface area contributed by atoms with Crippen molar-refractivity contribution >= 4 is 35.6 Å². The van der Waals surface area contributed by atoms with Gasteiger partial charge in [0.25, 0.3) is 0 Å². The number of hydrogen-bond donors (Lipinski definition) is 2. The van der Waals surface area contributed by atoms with Crippen LogP contribution in [0.2, 0.25) is 0 Å². The molecule has 32 heavy (non-hydrogen) atoms. The van der Waals surface area contributed by atoms with E-state index in [2.05, 4.69) is 25.7 Å². The highest BCUT2D eigenvalue weighted by atomic mass is 127. The SMILES string of the molecule is CCNC(=NCc1ccc(-n2cncn2)cc1)NC1CCN(c2ccc(F)cc2F)C1.I. The van der Waals surface area contributed by atoms with Gasteiger partial charge in [-0.3, -0.25) is 0 Å².